The molecule has 0 fully saturated rings. The van der Waals surface area contributed by atoms with Crippen LogP contribution in [-0.4, -0.2) is 36.6 Å². The normalized spacial score (nSPS) is 10.2. The lowest BCUT2D eigenvalue weighted by Crippen LogP contribution is -2.41. The molecule has 1 aromatic heterocycles. The lowest BCUT2D eigenvalue weighted by molar-refractivity contribution is -0.380. The van der Waals surface area contributed by atoms with Gasteiger partial charge in [-0.05, 0) is 32.9 Å². The van der Waals surface area contributed by atoms with Gasteiger partial charge in [0.2, 0.25) is 5.75 Å². The van der Waals surface area contributed by atoms with Crippen molar-refractivity contribution in [1.29, 1.82) is 0 Å². The van der Waals surface area contributed by atoms with Gasteiger partial charge in [0.25, 0.3) is 11.8 Å². The van der Waals surface area contributed by atoms with Gasteiger partial charge in [-0.2, -0.15) is 0 Å². The molecule has 0 saturated heterocycles. The number of benzene rings is 1. The first-order valence-corrected chi connectivity index (χ1v) is 9.69. The molecule has 156 valence electrons. The van der Waals surface area contributed by atoms with Crippen LogP contribution in [0.2, 0.25) is 0 Å². The average Bonchev–Trinajstić information content (AvgIpc) is 3.19. The fraction of sp³-hybridized carbons (Fsp3) is 0.333. The van der Waals surface area contributed by atoms with Crippen molar-refractivity contribution in [3.63, 3.8) is 0 Å². The highest BCUT2D eigenvalue weighted by Gasteiger charge is 2.20. The minimum atomic E-state index is -0.677. The van der Waals surface area contributed by atoms with Crippen LogP contribution in [0.1, 0.15) is 41.5 Å². The standard InChI is InChI=1S/C18H21N3O7S/c1-4-26-13-7-11(8-14(27-5-2)16(13)28-6-3)17(22)19-20-18(23)12-9-15(21(24)25)29-10-12/h7-10H,4-6H2,1-3H3,(H,19,22)(H,20,23). The Morgan fingerprint density at radius 1 is 0.931 bits per heavy atom. The molecule has 0 radical (unpaired) electrons. The molecule has 0 unspecified atom stereocenters. The summed E-state index contributed by atoms with van der Waals surface area (Å²) in [5, 5.41) is 11.9. The molecule has 11 heteroatoms. The Kier molecular flexibility index (Phi) is 7.78. The van der Waals surface area contributed by atoms with Crippen molar-refractivity contribution in [1.82, 2.24) is 10.9 Å². The molecule has 0 saturated carbocycles. The zero-order valence-electron chi connectivity index (χ0n) is 16.1. The van der Waals surface area contributed by atoms with E-state index in [9.17, 15) is 19.7 Å². The third kappa shape index (κ3) is 5.57. The van der Waals surface area contributed by atoms with E-state index in [0.717, 1.165) is 17.4 Å². The molecule has 0 spiro atoms. The fourth-order valence-corrected chi connectivity index (χ4v) is 3.02. The quantitative estimate of drug-likeness (QED) is 0.468. The second kappa shape index (κ2) is 10.3. The van der Waals surface area contributed by atoms with E-state index >= 15 is 0 Å². The van der Waals surface area contributed by atoms with Gasteiger partial charge in [0.1, 0.15) is 0 Å². The van der Waals surface area contributed by atoms with E-state index < -0.39 is 16.7 Å². The Labute approximate surface area is 170 Å². The summed E-state index contributed by atoms with van der Waals surface area (Å²) in [6, 6.07) is 4.09. The van der Waals surface area contributed by atoms with Crippen LogP contribution in [0.15, 0.2) is 23.6 Å². The van der Waals surface area contributed by atoms with Gasteiger partial charge in [0, 0.05) is 17.0 Å². The molecule has 2 rings (SSSR count). The van der Waals surface area contributed by atoms with Crippen LogP contribution >= 0.6 is 11.3 Å². The zero-order valence-corrected chi connectivity index (χ0v) is 17.0. The summed E-state index contributed by atoms with van der Waals surface area (Å²) in [5.41, 5.74) is 4.74. The molecular weight excluding hydrogens is 402 g/mol. The van der Waals surface area contributed by atoms with E-state index in [1.165, 1.54) is 17.5 Å². The number of hydrogen-bond donors (Lipinski definition) is 2. The van der Waals surface area contributed by atoms with Crippen molar-refractivity contribution < 1.29 is 28.7 Å². The number of thiophene rings is 1. The van der Waals surface area contributed by atoms with Crippen molar-refractivity contribution in [3.8, 4) is 17.2 Å². The number of nitro groups is 1. The predicted molar refractivity (Wildman–Crippen MR) is 106 cm³/mol. The molecule has 0 aliphatic heterocycles. The SMILES string of the molecule is CCOc1cc(C(=O)NNC(=O)c2csc([N+](=O)[O-])c2)cc(OCC)c1OCC. The van der Waals surface area contributed by atoms with Gasteiger partial charge in [0.05, 0.1) is 30.3 Å². The summed E-state index contributed by atoms with van der Waals surface area (Å²) in [6.45, 7) is 6.49. The van der Waals surface area contributed by atoms with Crippen molar-refractivity contribution >= 4 is 28.2 Å². The Morgan fingerprint density at radius 3 is 1.90 bits per heavy atom. The number of nitrogens with zero attached hydrogens (tertiary/aromatic N) is 1. The van der Waals surface area contributed by atoms with Gasteiger partial charge in [-0.15, -0.1) is 0 Å². The summed E-state index contributed by atoms with van der Waals surface area (Å²) in [4.78, 5) is 34.7. The number of amides is 2. The fourth-order valence-electron chi connectivity index (χ4n) is 2.32. The monoisotopic (exact) mass is 423 g/mol. The molecule has 2 aromatic rings. The first kappa shape index (κ1) is 22.0. The Bertz CT molecular complexity index is 870. The van der Waals surface area contributed by atoms with Crippen LogP contribution in [0.25, 0.3) is 0 Å². The first-order valence-electron chi connectivity index (χ1n) is 8.81. The minimum Gasteiger partial charge on any atom is -0.490 e. The van der Waals surface area contributed by atoms with Gasteiger partial charge >= 0.3 is 5.00 Å². The minimum absolute atomic E-state index is 0.0682. The predicted octanol–water partition coefficient (Wildman–Crippen LogP) is 2.93. The lowest BCUT2D eigenvalue weighted by Gasteiger charge is -2.17. The van der Waals surface area contributed by atoms with Crippen molar-refractivity contribution in [2.24, 2.45) is 0 Å². The van der Waals surface area contributed by atoms with E-state index in [-0.39, 0.29) is 16.1 Å². The number of nitrogens with one attached hydrogen (secondary N) is 2. The van der Waals surface area contributed by atoms with Gasteiger partial charge in [-0.1, -0.05) is 11.3 Å². The van der Waals surface area contributed by atoms with E-state index in [0.29, 0.717) is 37.1 Å². The Balaban J connectivity index is 2.18. The summed E-state index contributed by atoms with van der Waals surface area (Å²) in [7, 11) is 0. The molecule has 10 nitrogen and oxygen atoms in total. The molecule has 2 amide bonds. The van der Waals surface area contributed by atoms with Crippen LogP contribution in [0.5, 0.6) is 17.2 Å². The van der Waals surface area contributed by atoms with Crippen LogP contribution < -0.4 is 25.1 Å². The van der Waals surface area contributed by atoms with Crippen LogP contribution in [-0.2, 0) is 0 Å². The van der Waals surface area contributed by atoms with Crippen LogP contribution in [0.4, 0.5) is 5.00 Å². The maximum absolute atomic E-state index is 12.5. The van der Waals surface area contributed by atoms with Crippen LogP contribution in [0.3, 0.4) is 0 Å². The topological polar surface area (TPSA) is 129 Å². The summed E-state index contributed by atoms with van der Waals surface area (Å²) in [5.74, 6) is -0.227. The molecule has 0 atom stereocenters. The average molecular weight is 423 g/mol. The summed E-state index contributed by atoms with van der Waals surface area (Å²) in [6.07, 6.45) is 0. The van der Waals surface area contributed by atoms with Gasteiger partial charge in [0.15, 0.2) is 11.5 Å². The number of hydrogen-bond acceptors (Lipinski definition) is 8. The largest absolute Gasteiger partial charge is 0.490 e. The molecule has 1 aromatic carbocycles. The van der Waals surface area contributed by atoms with Gasteiger partial charge < -0.3 is 14.2 Å². The van der Waals surface area contributed by atoms with E-state index in [1.54, 1.807) is 13.8 Å². The summed E-state index contributed by atoms with van der Waals surface area (Å²) >= 11 is 0.818. The van der Waals surface area contributed by atoms with Crippen molar-refractivity contribution in [2.45, 2.75) is 20.8 Å². The lowest BCUT2D eigenvalue weighted by atomic mass is 10.1. The highest BCUT2D eigenvalue weighted by molar-refractivity contribution is 7.13. The van der Waals surface area contributed by atoms with E-state index in [4.69, 9.17) is 14.2 Å². The molecular formula is C18H21N3O7S. The second-order valence-electron chi connectivity index (χ2n) is 5.44. The van der Waals surface area contributed by atoms with Crippen molar-refractivity contribution in [3.05, 3.63) is 44.8 Å². The number of ether oxygens (including phenoxy) is 3. The maximum atomic E-state index is 12.5. The van der Waals surface area contributed by atoms with Crippen molar-refractivity contribution in [2.75, 3.05) is 19.8 Å². The van der Waals surface area contributed by atoms with E-state index in [2.05, 4.69) is 10.9 Å². The second-order valence-corrected chi connectivity index (χ2v) is 6.33. The Hall–Kier alpha value is -3.34. The molecule has 29 heavy (non-hydrogen) atoms. The number of rotatable bonds is 9. The number of carbonyl (C=O) groups is 2. The van der Waals surface area contributed by atoms with Gasteiger partial charge in [-0.25, -0.2) is 0 Å². The molecule has 1 heterocycles. The third-order valence-electron chi connectivity index (χ3n) is 3.49. The molecule has 2 N–H and O–H groups in total. The highest BCUT2D eigenvalue weighted by Crippen LogP contribution is 2.39. The molecule has 0 aliphatic carbocycles. The molecule has 0 bridgehead atoms. The first-order chi connectivity index (χ1) is 13.9. The number of hydrazine groups is 1. The summed E-state index contributed by atoms with van der Waals surface area (Å²) < 4.78 is 16.7. The Morgan fingerprint density at radius 2 is 1.45 bits per heavy atom. The highest BCUT2D eigenvalue weighted by atomic mass is 32.1. The number of carbonyl (C=O) groups excluding carboxylic acids is 2. The zero-order chi connectivity index (χ0) is 21.4. The van der Waals surface area contributed by atoms with Crippen LogP contribution in [0, 0.1) is 10.1 Å². The molecule has 0 aliphatic rings. The van der Waals surface area contributed by atoms with E-state index in [1.807, 2.05) is 6.92 Å². The third-order valence-corrected chi connectivity index (χ3v) is 4.37. The van der Waals surface area contributed by atoms with Gasteiger partial charge in [-0.3, -0.25) is 30.6 Å². The maximum Gasteiger partial charge on any atom is 0.324 e. The smallest absolute Gasteiger partial charge is 0.324 e.